The predicted octanol–water partition coefficient (Wildman–Crippen LogP) is 1.71. The number of nitrogens with zero attached hydrogens (tertiary/aromatic N) is 3. The molecule has 1 aromatic heterocycles. The van der Waals surface area contributed by atoms with Crippen molar-refractivity contribution >= 4 is 11.6 Å². The van der Waals surface area contributed by atoms with Crippen LogP contribution in [-0.2, 0) is 0 Å². The second-order valence-electron chi connectivity index (χ2n) is 6.05. The monoisotopic (exact) mass is 360 g/mol. The Kier molecular flexibility index (Phi) is 5.32. The molecule has 0 spiro atoms. The van der Waals surface area contributed by atoms with Crippen molar-refractivity contribution in [2.24, 2.45) is 0 Å². The van der Waals surface area contributed by atoms with Gasteiger partial charge < -0.3 is 30.0 Å². The van der Waals surface area contributed by atoms with E-state index in [-0.39, 0.29) is 12.6 Å². The average Bonchev–Trinajstić information content (AvgIpc) is 3.15. The highest BCUT2D eigenvalue weighted by molar-refractivity contribution is 5.71. The second-order valence-corrected chi connectivity index (χ2v) is 6.05. The van der Waals surface area contributed by atoms with Gasteiger partial charge in [-0.05, 0) is 25.0 Å². The van der Waals surface area contributed by atoms with Gasteiger partial charge in [-0.1, -0.05) is 0 Å². The minimum absolute atomic E-state index is 0.0155. The number of benzene rings is 1. The maximum atomic E-state index is 9.59. The summed E-state index contributed by atoms with van der Waals surface area (Å²) in [4.78, 5) is 11.0. The molecule has 1 fully saturated rings. The molecule has 0 bridgehead atoms. The number of hydrogen-bond donors (Lipinski definition) is 2. The highest BCUT2D eigenvalue weighted by Gasteiger charge is 2.27. The number of ether oxygens (including phenoxy) is 3. The van der Waals surface area contributed by atoms with E-state index in [2.05, 4.69) is 4.98 Å². The molecule has 1 atom stereocenters. The van der Waals surface area contributed by atoms with E-state index in [0.717, 1.165) is 24.9 Å². The molecule has 1 aliphatic rings. The average molecular weight is 360 g/mol. The van der Waals surface area contributed by atoms with Crippen LogP contribution < -0.4 is 24.8 Å². The van der Waals surface area contributed by atoms with Crippen LogP contribution in [0, 0.1) is 0 Å². The summed E-state index contributed by atoms with van der Waals surface area (Å²) in [6, 6.07) is 3.65. The fraction of sp³-hybridized carbons (Fsp3) is 0.444. The Balaban J connectivity index is 2.06. The van der Waals surface area contributed by atoms with Crippen molar-refractivity contribution in [3.8, 4) is 28.5 Å². The van der Waals surface area contributed by atoms with E-state index in [9.17, 15) is 5.11 Å². The lowest BCUT2D eigenvalue weighted by Gasteiger charge is -2.25. The first kappa shape index (κ1) is 18.1. The van der Waals surface area contributed by atoms with Crippen LogP contribution in [0.3, 0.4) is 0 Å². The third-order valence-corrected chi connectivity index (χ3v) is 4.60. The molecule has 0 amide bonds. The lowest BCUT2D eigenvalue weighted by molar-refractivity contribution is 0.266. The van der Waals surface area contributed by atoms with E-state index in [1.165, 1.54) is 0 Å². The van der Waals surface area contributed by atoms with Crippen LogP contribution in [0.15, 0.2) is 18.3 Å². The van der Waals surface area contributed by atoms with Crippen molar-refractivity contribution < 1.29 is 19.3 Å². The molecular formula is C18H24N4O4. The molecule has 26 heavy (non-hydrogen) atoms. The fourth-order valence-corrected chi connectivity index (χ4v) is 3.27. The van der Waals surface area contributed by atoms with E-state index in [0.29, 0.717) is 34.6 Å². The third-order valence-electron chi connectivity index (χ3n) is 4.60. The van der Waals surface area contributed by atoms with Crippen molar-refractivity contribution in [3.63, 3.8) is 0 Å². The molecule has 2 heterocycles. The van der Waals surface area contributed by atoms with Gasteiger partial charge in [0.25, 0.3) is 0 Å². The molecule has 0 radical (unpaired) electrons. The van der Waals surface area contributed by atoms with E-state index in [4.69, 9.17) is 24.9 Å². The SMILES string of the molecule is COc1cc(-c2cnc(N)c(N3CCC[C@@H]3CO)n2)cc(OC)c1OC. The highest BCUT2D eigenvalue weighted by Crippen LogP contribution is 2.41. The molecule has 8 heteroatoms. The number of aromatic nitrogens is 2. The lowest BCUT2D eigenvalue weighted by atomic mass is 10.1. The number of aliphatic hydroxyl groups excluding tert-OH is 1. The minimum atomic E-state index is 0.0155. The molecule has 8 nitrogen and oxygen atoms in total. The third kappa shape index (κ3) is 3.20. The summed E-state index contributed by atoms with van der Waals surface area (Å²) in [5.41, 5.74) is 7.46. The zero-order valence-electron chi connectivity index (χ0n) is 15.2. The van der Waals surface area contributed by atoms with Gasteiger partial charge in [-0.25, -0.2) is 9.97 Å². The van der Waals surface area contributed by atoms with Crippen LogP contribution in [0.1, 0.15) is 12.8 Å². The summed E-state index contributed by atoms with van der Waals surface area (Å²) in [5.74, 6) is 2.53. The molecule has 2 aromatic rings. The number of nitrogen functional groups attached to an aromatic ring is 1. The molecule has 3 N–H and O–H groups in total. The molecule has 3 rings (SSSR count). The van der Waals surface area contributed by atoms with Gasteiger partial charge in [0.05, 0.1) is 45.9 Å². The zero-order chi connectivity index (χ0) is 18.7. The Hall–Kier alpha value is -2.74. The first-order chi connectivity index (χ1) is 12.6. The van der Waals surface area contributed by atoms with Gasteiger partial charge in [0, 0.05) is 12.1 Å². The van der Waals surface area contributed by atoms with Crippen LogP contribution in [-0.4, -0.2) is 55.6 Å². The topological polar surface area (TPSA) is 103 Å². The lowest BCUT2D eigenvalue weighted by Crippen LogP contribution is -2.33. The Morgan fingerprint density at radius 1 is 1.19 bits per heavy atom. The fourth-order valence-electron chi connectivity index (χ4n) is 3.27. The molecule has 1 saturated heterocycles. The molecule has 0 unspecified atom stereocenters. The second kappa shape index (κ2) is 7.65. The smallest absolute Gasteiger partial charge is 0.203 e. The number of nitrogens with two attached hydrogens (primary N) is 1. The first-order valence-electron chi connectivity index (χ1n) is 8.43. The van der Waals surface area contributed by atoms with E-state index in [1.807, 2.05) is 17.0 Å². The standard InChI is InChI=1S/C18H24N4O4/c1-24-14-7-11(8-15(25-2)16(14)26-3)13-9-20-17(19)18(21-13)22-6-4-5-12(22)10-23/h7-9,12,23H,4-6,10H2,1-3H3,(H2,19,20)/t12-/m1/s1. The summed E-state index contributed by atoms with van der Waals surface area (Å²) in [6.07, 6.45) is 3.51. The molecule has 1 aliphatic heterocycles. The van der Waals surface area contributed by atoms with Crippen molar-refractivity contribution in [1.82, 2.24) is 9.97 Å². The number of aliphatic hydroxyl groups is 1. The molecule has 140 valence electrons. The Morgan fingerprint density at radius 3 is 2.46 bits per heavy atom. The quantitative estimate of drug-likeness (QED) is 0.803. The predicted molar refractivity (Wildman–Crippen MR) is 99.0 cm³/mol. The number of methoxy groups -OCH3 is 3. The van der Waals surface area contributed by atoms with Crippen molar-refractivity contribution in [2.45, 2.75) is 18.9 Å². The van der Waals surface area contributed by atoms with Gasteiger partial charge in [0.1, 0.15) is 0 Å². The number of anilines is 2. The number of hydrogen-bond acceptors (Lipinski definition) is 8. The Morgan fingerprint density at radius 2 is 1.88 bits per heavy atom. The van der Waals surface area contributed by atoms with Crippen molar-refractivity contribution in [3.05, 3.63) is 18.3 Å². The maximum Gasteiger partial charge on any atom is 0.203 e. The summed E-state index contributed by atoms with van der Waals surface area (Å²) >= 11 is 0. The van der Waals surface area contributed by atoms with Crippen molar-refractivity contribution in [1.29, 1.82) is 0 Å². The summed E-state index contributed by atoms with van der Waals surface area (Å²) in [5, 5.41) is 9.59. The van der Waals surface area contributed by atoms with Gasteiger partial charge in [-0.2, -0.15) is 0 Å². The Labute approximate surface area is 152 Å². The molecule has 1 aromatic carbocycles. The molecule has 0 aliphatic carbocycles. The van der Waals surface area contributed by atoms with Gasteiger partial charge in [-0.3, -0.25) is 0 Å². The van der Waals surface area contributed by atoms with Gasteiger partial charge in [0.2, 0.25) is 5.75 Å². The van der Waals surface area contributed by atoms with E-state index in [1.54, 1.807) is 27.5 Å². The summed E-state index contributed by atoms with van der Waals surface area (Å²) < 4.78 is 16.2. The summed E-state index contributed by atoms with van der Waals surface area (Å²) in [6.45, 7) is 0.859. The number of rotatable bonds is 6. The van der Waals surface area contributed by atoms with Crippen LogP contribution in [0.5, 0.6) is 17.2 Å². The van der Waals surface area contributed by atoms with Gasteiger partial charge in [0.15, 0.2) is 23.1 Å². The minimum Gasteiger partial charge on any atom is -0.493 e. The normalized spacial score (nSPS) is 16.6. The van der Waals surface area contributed by atoms with Gasteiger partial charge in [-0.15, -0.1) is 0 Å². The maximum absolute atomic E-state index is 9.59. The van der Waals surface area contributed by atoms with Crippen molar-refractivity contribution in [2.75, 3.05) is 45.1 Å². The largest absolute Gasteiger partial charge is 0.493 e. The first-order valence-corrected chi connectivity index (χ1v) is 8.43. The zero-order valence-corrected chi connectivity index (χ0v) is 15.2. The molecular weight excluding hydrogens is 336 g/mol. The molecule has 0 saturated carbocycles. The van der Waals surface area contributed by atoms with Crippen LogP contribution in [0.2, 0.25) is 0 Å². The van der Waals surface area contributed by atoms with E-state index >= 15 is 0 Å². The van der Waals surface area contributed by atoms with Gasteiger partial charge >= 0.3 is 0 Å². The Bertz CT molecular complexity index is 759. The van der Waals surface area contributed by atoms with Crippen LogP contribution in [0.4, 0.5) is 11.6 Å². The highest BCUT2D eigenvalue weighted by atomic mass is 16.5. The van der Waals surface area contributed by atoms with E-state index < -0.39 is 0 Å². The van der Waals surface area contributed by atoms with Crippen LogP contribution >= 0.6 is 0 Å². The summed E-state index contributed by atoms with van der Waals surface area (Å²) in [7, 11) is 4.69. The van der Waals surface area contributed by atoms with Crippen LogP contribution in [0.25, 0.3) is 11.3 Å².